The molecule has 1 aliphatic rings. The third-order valence-electron chi connectivity index (χ3n) is 2.42. The molecule has 0 atom stereocenters. The maximum atomic E-state index is 4.53. The summed E-state index contributed by atoms with van der Waals surface area (Å²) >= 11 is 0. The summed E-state index contributed by atoms with van der Waals surface area (Å²) in [4.78, 5) is 8.98. The van der Waals surface area contributed by atoms with Crippen molar-refractivity contribution in [2.24, 2.45) is 0 Å². The van der Waals surface area contributed by atoms with Crippen LogP contribution in [0, 0.1) is 0 Å². The molecule has 2 rings (SSSR count). The summed E-state index contributed by atoms with van der Waals surface area (Å²) in [6, 6.07) is 0. The minimum Gasteiger partial charge on any atom is -0.373 e. The molecule has 0 saturated carbocycles. The van der Waals surface area contributed by atoms with Crippen LogP contribution in [0.2, 0.25) is 0 Å². The number of fused-ring (bicyclic) bond motifs is 1. The molecular formula is C13H15N3. The SMILES string of the molecule is C/C=C/c1nc2c(c(NC)n1)C=CC=CC2. The predicted octanol–water partition coefficient (Wildman–Crippen LogP) is 2.68. The Labute approximate surface area is 95.6 Å². The molecule has 3 heteroatoms. The zero-order valence-electron chi connectivity index (χ0n) is 9.57. The van der Waals surface area contributed by atoms with Crippen LogP contribution in [0.5, 0.6) is 0 Å². The predicted molar refractivity (Wildman–Crippen MR) is 68.2 cm³/mol. The number of rotatable bonds is 2. The Bertz CT molecular complexity index is 470. The Morgan fingerprint density at radius 3 is 2.94 bits per heavy atom. The van der Waals surface area contributed by atoms with Crippen molar-refractivity contribution in [1.82, 2.24) is 9.97 Å². The molecule has 0 aliphatic heterocycles. The van der Waals surface area contributed by atoms with Crippen LogP contribution < -0.4 is 5.32 Å². The molecule has 82 valence electrons. The average Bonchev–Trinajstić information content (AvgIpc) is 2.53. The lowest BCUT2D eigenvalue weighted by atomic mass is 10.1. The van der Waals surface area contributed by atoms with Gasteiger partial charge in [-0.05, 0) is 19.1 Å². The van der Waals surface area contributed by atoms with Gasteiger partial charge in [0.15, 0.2) is 5.82 Å². The van der Waals surface area contributed by atoms with Crippen molar-refractivity contribution in [3.63, 3.8) is 0 Å². The topological polar surface area (TPSA) is 37.8 Å². The molecule has 0 aromatic carbocycles. The van der Waals surface area contributed by atoms with Crippen molar-refractivity contribution < 1.29 is 0 Å². The summed E-state index contributed by atoms with van der Waals surface area (Å²) in [5.41, 5.74) is 2.15. The fourth-order valence-electron chi connectivity index (χ4n) is 1.69. The van der Waals surface area contributed by atoms with E-state index in [-0.39, 0.29) is 0 Å². The molecule has 0 unspecified atom stereocenters. The first-order valence-electron chi connectivity index (χ1n) is 5.39. The van der Waals surface area contributed by atoms with Gasteiger partial charge in [-0.15, -0.1) is 0 Å². The van der Waals surface area contributed by atoms with Crippen molar-refractivity contribution in [3.8, 4) is 0 Å². The van der Waals surface area contributed by atoms with Gasteiger partial charge in [0.2, 0.25) is 0 Å². The smallest absolute Gasteiger partial charge is 0.154 e. The largest absolute Gasteiger partial charge is 0.373 e. The maximum Gasteiger partial charge on any atom is 0.154 e. The fraction of sp³-hybridized carbons (Fsp3) is 0.231. The van der Waals surface area contributed by atoms with E-state index in [0.717, 1.165) is 29.3 Å². The molecule has 1 heterocycles. The van der Waals surface area contributed by atoms with Crippen molar-refractivity contribution >= 4 is 18.0 Å². The van der Waals surface area contributed by atoms with E-state index in [1.807, 2.05) is 44.4 Å². The highest BCUT2D eigenvalue weighted by Gasteiger charge is 2.10. The van der Waals surface area contributed by atoms with E-state index in [0.29, 0.717) is 0 Å². The summed E-state index contributed by atoms with van der Waals surface area (Å²) < 4.78 is 0. The Kier molecular flexibility index (Phi) is 3.15. The van der Waals surface area contributed by atoms with Crippen molar-refractivity contribution in [1.29, 1.82) is 0 Å². The Morgan fingerprint density at radius 2 is 2.19 bits per heavy atom. The molecule has 0 amide bonds. The van der Waals surface area contributed by atoms with Crippen LogP contribution >= 0.6 is 0 Å². The lowest BCUT2D eigenvalue weighted by molar-refractivity contribution is 1.02. The minimum atomic E-state index is 0.759. The quantitative estimate of drug-likeness (QED) is 0.820. The van der Waals surface area contributed by atoms with E-state index in [2.05, 4.69) is 21.4 Å². The molecule has 1 aromatic heterocycles. The third kappa shape index (κ3) is 2.03. The van der Waals surface area contributed by atoms with Gasteiger partial charge in [0, 0.05) is 19.0 Å². The molecule has 1 N–H and O–H groups in total. The molecule has 1 aromatic rings. The molecule has 16 heavy (non-hydrogen) atoms. The first-order valence-corrected chi connectivity index (χ1v) is 5.39. The van der Waals surface area contributed by atoms with E-state index in [1.54, 1.807) is 0 Å². The number of anilines is 1. The number of allylic oxidation sites excluding steroid dienone is 4. The average molecular weight is 213 g/mol. The molecule has 0 fully saturated rings. The second kappa shape index (κ2) is 4.75. The van der Waals surface area contributed by atoms with E-state index < -0.39 is 0 Å². The Morgan fingerprint density at radius 1 is 1.31 bits per heavy atom. The van der Waals surface area contributed by atoms with E-state index in [9.17, 15) is 0 Å². The zero-order chi connectivity index (χ0) is 11.4. The molecule has 0 saturated heterocycles. The van der Waals surface area contributed by atoms with Gasteiger partial charge in [0.1, 0.15) is 5.82 Å². The molecule has 0 bridgehead atoms. The summed E-state index contributed by atoms with van der Waals surface area (Å²) in [6.45, 7) is 1.97. The van der Waals surface area contributed by atoms with E-state index in [4.69, 9.17) is 0 Å². The number of nitrogens with one attached hydrogen (secondary N) is 1. The number of nitrogens with zero attached hydrogens (tertiary/aromatic N) is 2. The molecular weight excluding hydrogens is 198 g/mol. The highest BCUT2D eigenvalue weighted by Crippen LogP contribution is 2.21. The van der Waals surface area contributed by atoms with Crippen molar-refractivity contribution in [2.45, 2.75) is 13.3 Å². The third-order valence-corrected chi connectivity index (χ3v) is 2.42. The van der Waals surface area contributed by atoms with Crippen LogP contribution in [0.3, 0.4) is 0 Å². The van der Waals surface area contributed by atoms with Crippen LogP contribution in [-0.4, -0.2) is 17.0 Å². The van der Waals surface area contributed by atoms with Crippen molar-refractivity contribution in [2.75, 3.05) is 12.4 Å². The zero-order valence-corrected chi connectivity index (χ0v) is 9.57. The maximum absolute atomic E-state index is 4.53. The van der Waals surface area contributed by atoms with Gasteiger partial charge in [-0.1, -0.05) is 24.3 Å². The second-order valence-electron chi connectivity index (χ2n) is 3.53. The second-order valence-corrected chi connectivity index (χ2v) is 3.53. The standard InChI is InChI=1S/C13H15N3/c1-3-7-12-15-11-9-6-4-5-8-10(11)13(14-2)16-12/h3-8H,9H2,1-2H3,(H,14,15,16)/b7-3+. The summed E-state index contributed by atoms with van der Waals surface area (Å²) in [5.74, 6) is 1.65. The van der Waals surface area contributed by atoms with Crippen LogP contribution in [0.25, 0.3) is 12.2 Å². The number of aromatic nitrogens is 2. The van der Waals surface area contributed by atoms with Gasteiger partial charge in [0.25, 0.3) is 0 Å². The lowest BCUT2D eigenvalue weighted by Gasteiger charge is -2.09. The molecule has 1 aliphatic carbocycles. The summed E-state index contributed by atoms with van der Waals surface area (Å²) in [5, 5.41) is 3.12. The summed E-state index contributed by atoms with van der Waals surface area (Å²) in [7, 11) is 1.88. The van der Waals surface area contributed by atoms with Gasteiger partial charge in [-0.2, -0.15) is 0 Å². The highest BCUT2D eigenvalue weighted by molar-refractivity contribution is 5.68. The number of hydrogen-bond acceptors (Lipinski definition) is 3. The van der Waals surface area contributed by atoms with Gasteiger partial charge in [-0.25, -0.2) is 9.97 Å². The van der Waals surface area contributed by atoms with E-state index >= 15 is 0 Å². The van der Waals surface area contributed by atoms with Crippen LogP contribution in [-0.2, 0) is 6.42 Å². The lowest BCUT2D eigenvalue weighted by Crippen LogP contribution is -2.04. The number of hydrogen-bond donors (Lipinski definition) is 1. The van der Waals surface area contributed by atoms with Gasteiger partial charge in [0.05, 0.1) is 5.69 Å². The molecule has 3 nitrogen and oxygen atoms in total. The van der Waals surface area contributed by atoms with Gasteiger partial charge < -0.3 is 5.32 Å². The molecule has 0 spiro atoms. The first-order chi connectivity index (χ1) is 7.85. The monoisotopic (exact) mass is 213 g/mol. The van der Waals surface area contributed by atoms with Crippen LogP contribution in [0.1, 0.15) is 24.0 Å². The molecule has 0 radical (unpaired) electrons. The van der Waals surface area contributed by atoms with E-state index in [1.165, 1.54) is 0 Å². The highest BCUT2D eigenvalue weighted by atomic mass is 15.0. The van der Waals surface area contributed by atoms with Crippen molar-refractivity contribution in [3.05, 3.63) is 41.4 Å². The minimum absolute atomic E-state index is 0.759. The normalized spacial score (nSPS) is 13.9. The van der Waals surface area contributed by atoms with Gasteiger partial charge in [-0.3, -0.25) is 0 Å². The summed E-state index contributed by atoms with van der Waals surface area (Å²) in [6.07, 6.45) is 12.9. The van der Waals surface area contributed by atoms with Gasteiger partial charge >= 0.3 is 0 Å². The van der Waals surface area contributed by atoms with Crippen LogP contribution in [0.15, 0.2) is 24.3 Å². The fourth-order valence-corrected chi connectivity index (χ4v) is 1.69. The van der Waals surface area contributed by atoms with Crippen LogP contribution in [0.4, 0.5) is 5.82 Å². The Balaban J connectivity index is 2.56. The Hall–Kier alpha value is -1.90. The first kappa shape index (κ1) is 10.6.